The van der Waals surface area contributed by atoms with Gasteiger partial charge in [-0.05, 0) is 18.6 Å². The van der Waals surface area contributed by atoms with Gasteiger partial charge in [-0.3, -0.25) is 4.55 Å². The molecule has 0 aromatic heterocycles. The van der Waals surface area contributed by atoms with Crippen LogP contribution in [0.3, 0.4) is 0 Å². The second-order valence-electron chi connectivity index (χ2n) is 2.40. The molecule has 15 heavy (non-hydrogen) atoms. The summed E-state index contributed by atoms with van der Waals surface area (Å²) in [6, 6.07) is 2.08. The standard InChI is InChI=1S/C7H5F3.ClHO3S/c1-4-2-3-5(8)7(10)6(4)9;1-5(2,3)4/h2-3H,1H3;(H,2,3,4). The first kappa shape index (κ1) is 14.2. The Morgan fingerprint density at radius 1 is 1.20 bits per heavy atom. The van der Waals surface area contributed by atoms with Crippen molar-refractivity contribution in [2.24, 2.45) is 0 Å². The molecule has 0 spiro atoms. The molecule has 1 aromatic rings. The minimum absolute atomic E-state index is 0.110. The average Bonchev–Trinajstić information content (AvgIpc) is 2.05. The maximum Gasteiger partial charge on any atom is 0.353 e. The molecular weight excluding hydrogens is 257 g/mol. The van der Waals surface area contributed by atoms with Gasteiger partial charge in [-0.1, -0.05) is 6.07 Å². The lowest BCUT2D eigenvalue weighted by molar-refractivity contribution is 0.443. The average molecular weight is 263 g/mol. The van der Waals surface area contributed by atoms with Crippen LogP contribution in [0.4, 0.5) is 13.2 Å². The third-order valence-corrected chi connectivity index (χ3v) is 1.23. The smallest absolute Gasteiger partial charge is 0.273 e. The van der Waals surface area contributed by atoms with Gasteiger partial charge in [0.15, 0.2) is 17.5 Å². The molecule has 0 radical (unpaired) electrons. The molecule has 0 fully saturated rings. The zero-order chi connectivity index (χ0) is 12.2. The predicted molar refractivity (Wildman–Crippen MR) is 48.5 cm³/mol. The number of rotatable bonds is 0. The Morgan fingerprint density at radius 2 is 1.60 bits per heavy atom. The van der Waals surface area contributed by atoms with Crippen molar-refractivity contribution in [1.82, 2.24) is 0 Å². The van der Waals surface area contributed by atoms with Crippen LogP contribution in [0, 0.1) is 24.4 Å². The van der Waals surface area contributed by atoms with Crippen LogP contribution in [0.2, 0.25) is 0 Å². The molecule has 0 aliphatic carbocycles. The first-order valence-corrected chi connectivity index (χ1v) is 5.66. The van der Waals surface area contributed by atoms with Crippen LogP contribution >= 0.6 is 10.7 Å². The van der Waals surface area contributed by atoms with Gasteiger partial charge in [0, 0.05) is 10.7 Å². The molecule has 0 amide bonds. The fourth-order valence-corrected chi connectivity index (χ4v) is 0.622. The Kier molecular flexibility index (Phi) is 5.06. The number of aryl methyl sites for hydroxylation is 1. The molecule has 0 aliphatic heterocycles. The Hall–Kier alpha value is -0.790. The van der Waals surface area contributed by atoms with Crippen LogP contribution in [0.15, 0.2) is 12.1 Å². The second kappa shape index (κ2) is 5.34. The highest BCUT2D eigenvalue weighted by Crippen LogP contribution is 2.13. The van der Waals surface area contributed by atoms with E-state index in [-0.39, 0.29) is 5.56 Å². The molecule has 1 aromatic carbocycles. The van der Waals surface area contributed by atoms with E-state index in [1.807, 2.05) is 0 Å². The molecular formula is C7H6ClF3O3S. The van der Waals surface area contributed by atoms with E-state index in [1.165, 1.54) is 13.0 Å². The maximum absolute atomic E-state index is 12.4. The summed E-state index contributed by atoms with van der Waals surface area (Å²) < 4.78 is 61.9. The van der Waals surface area contributed by atoms with Gasteiger partial charge < -0.3 is 0 Å². The van der Waals surface area contributed by atoms with E-state index in [0.717, 1.165) is 6.07 Å². The van der Waals surface area contributed by atoms with Crippen molar-refractivity contribution in [2.75, 3.05) is 0 Å². The van der Waals surface area contributed by atoms with E-state index < -0.39 is 26.8 Å². The molecule has 0 heterocycles. The zero-order valence-electron chi connectivity index (χ0n) is 7.34. The minimum atomic E-state index is -4.19. The van der Waals surface area contributed by atoms with Gasteiger partial charge in [0.05, 0.1) is 0 Å². The SMILES string of the molecule is Cc1ccc(F)c(F)c1F.O=S(=O)(O)Cl. The lowest BCUT2D eigenvalue weighted by atomic mass is 10.2. The van der Waals surface area contributed by atoms with Crippen molar-refractivity contribution in [3.63, 3.8) is 0 Å². The molecule has 0 aliphatic rings. The summed E-state index contributed by atoms with van der Waals surface area (Å²) in [5.74, 6) is -3.66. The van der Waals surface area contributed by atoms with E-state index >= 15 is 0 Å². The quantitative estimate of drug-likeness (QED) is 0.444. The number of hydrogen-bond donors (Lipinski definition) is 1. The highest BCUT2D eigenvalue weighted by atomic mass is 35.7. The summed E-state index contributed by atoms with van der Waals surface area (Å²) in [7, 11) is -0.137. The molecule has 0 saturated carbocycles. The third-order valence-electron chi connectivity index (χ3n) is 1.23. The molecule has 86 valence electrons. The minimum Gasteiger partial charge on any atom is -0.273 e. The van der Waals surface area contributed by atoms with Gasteiger partial charge in [-0.15, -0.1) is 0 Å². The van der Waals surface area contributed by atoms with Crippen LogP contribution in [0.1, 0.15) is 5.56 Å². The molecule has 0 atom stereocenters. The van der Waals surface area contributed by atoms with E-state index in [9.17, 15) is 13.2 Å². The normalized spacial score (nSPS) is 10.5. The maximum atomic E-state index is 12.4. The van der Waals surface area contributed by atoms with Crippen LogP contribution in [0.5, 0.6) is 0 Å². The van der Waals surface area contributed by atoms with Crippen molar-refractivity contribution >= 4 is 20.0 Å². The van der Waals surface area contributed by atoms with Gasteiger partial charge >= 0.3 is 9.33 Å². The number of halogens is 4. The monoisotopic (exact) mass is 262 g/mol. The molecule has 1 N–H and O–H groups in total. The van der Waals surface area contributed by atoms with Crippen molar-refractivity contribution in [2.45, 2.75) is 6.92 Å². The van der Waals surface area contributed by atoms with Gasteiger partial charge in [0.25, 0.3) is 0 Å². The Bertz CT molecular complexity index is 412. The van der Waals surface area contributed by atoms with Gasteiger partial charge in [-0.25, -0.2) is 13.2 Å². The summed E-state index contributed by atoms with van der Waals surface area (Å²) >= 11 is 0. The third kappa shape index (κ3) is 6.32. The topological polar surface area (TPSA) is 54.4 Å². The molecule has 0 saturated heterocycles. The Balaban J connectivity index is 0.000000336. The van der Waals surface area contributed by atoms with Crippen LogP contribution in [-0.4, -0.2) is 13.0 Å². The predicted octanol–water partition coefficient (Wildman–Crippen LogP) is 2.44. The summed E-state index contributed by atoms with van der Waals surface area (Å²) in [6.45, 7) is 1.37. The van der Waals surface area contributed by atoms with E-state index in [4.69, 9.17) is 13.0 Å². The molecule has 0 unspecified atom stereocenters. The Morgan fingerprint density at radius 3 is 1.93 bits per heavy atom. The summed E-state index contributed by atoms with van der Waals surface area (Å²) in [5.41, 5.74) is 0.110. The van der Waals surface area contributed by atoms with Crippen LogP contribution in [0.25, 0.3) is 0 Å². The fraction of sp³-hybridized carbons (Fsp3) is 0.143. The van der Waals surface area contributed by atoms with Crippen molar-refractivity contribution in [1.29, 1.82) is 0 Å². The van der Waals surface area contributed by atoms with Crippen molar-refractivity contribution < 1.29 is 26.1 Å². The van der Waals surface area contributed by atoms with Crippen LogP contribution in [-0.2, 0) is 9.33 Å². The van der Waals surface area contributed by atoms with E-state index in [2.05, 4.69) is 10.7 Å². The van der Waals surface area contributed by atoms with E-state index in [1.54, 1.807) is 0 Å². The van der Waals surface area contributed by atoms with Crippen molar-refractivity contribution in [3.8, 4) is 0 Å². The summed E-state index contributed by atoms with van der Waals surface area (Å²) in [5, 5.41) is 0. The fourth-order valence-electron chi connectivity index (χ4n) is 0.622. The van der Waals surface area contributed by atoms with Gasteiger partial charge in [-0.2, -0.15) is 8.42 Å². The first-order valence-electron chi connectivity index (χ1n) is 3.40. The lowest BCUT2D eigenvalue weighted by Crippen LogP contribution is -1.92. The molecule has 0 bridgehead atoms. The van der Waals surface area contributed by atoms with Crippen molar-refractivity contribution in [3.05, 3.63) is 35.1 Å². The first-order chi connectivity index (χ1) is 6.63. The highest BCUT2D eigenvalue weighted by molar-refractivity contribution is 8.09. The van der Waals surface area contributed by atoms with Gasteiger partial charge in [0.2, 0.25) is 0 Å². The summed E-state index contributed by atoms with van der Waals surface area (Å²) in [4.78, 5) is 0. The second-order valence-corrected chi connectivity index (χ2v) is 4.40. The zero-order valence-corrected chi connectivity index (χ0v) is 8.91. The lowest BCUT2D eigenvalue weighted by Gasteiger charge is -1.96. The molecule has 1 rings (SSSR count). The summed E-state index contributed by atoms with van der Waals surface area (Å²) in [6.07, 6.45) is 0. The van der Waals surface area contributed by atoms with E-state index in [0.29, 0.717) is 0 Å². The number of hydrogen-bond acceptors (Lipinski definition) is 2. The molecule has 8 heteroatoms. The molecule has 3 nitrogen and oxygen atoms in total. The highest BCUT2D eigenvalue weighted by Gasteiger charge is 2.09. The number of benzene rings is 1. The van der Waals surface area contributed by atoms with Crippen LogP contribution < -0.4 is 0 Å². The largest absolute Gasteiger partial charge is 0.353 e. The Labute approximate surface area is 88.7 Å². The van der Waals surface area contributed by atoms with Gasteiger partial charge in [0.1, 0.15) is 0 Å².